The quantitative estimate of drug-likeness (QED) is 0.330. The molecular formula is C27H32ClN5O4. The average molecular weight is 526 g/mol. The first-order valence-electron chi connectivity index (χ1n) is 12.3. The van der Waals surface area contributed by atoms with Crippen molar-refractivity contribution in [1.29, 1.82) is 0 Å². The Morgan fingerprint density at radius 1 is 1.22 bits per heavy atom. The predicted octanol–water partition coefficient (Wildman–Crippen LogP) is 3.30. The van der Waals surface area contributed by atoms with Gasteiger partial charge in [0.1, 0.15) is 5.75 Å². The van der Waals surface area contributed by atoms with Gasteiger partial charge in [0.15, 0.2) is 11.5 Å². The van der Waals surface area contributed by atoms with Crippen LogP contribution in [-0.4, -0.2) is 61.3 Å². The summed E-state index contributed by atoms with van der Waals surface area (Å²) in [5, 5.41) is 9.94. The Morgan fingerprint density at radius 2 is 2.00 bits per heavy atom. The van der Waals surface area contributed by atoms with Crippen LogP contribution in [0, 0.1) is 0 Å². The summed E-state index contributed by atoms with van der Waals surface area (Å²) in [5.74, 6) is 0.0569. The second-order valence-corrected chi connectivity index (χ2v) is 9.20. The number of rotatable bonds is 11. The molecule has 10 heteroatoms. The predicted molar refractivity (Wildman–Crippen MR) is 143 cm³/mol. The number of hydrogen-bond donors (Lipinski definition) is 3. The van der Waals surface area contributed by atoms with E-state index in [1.54, 1.807) is 10.6 Å². The molecule has 0 saturated carbocycles. The van der Waals surface area contributed by atoms with Crippen LogP contribution in [-0.2, 0) is 24.1 Å². The molecule has 0 unspecified atom stereocenters. The zero-order valence-electron chi connectivity index (χ0n) is 21.3. The number of imidazole rings is 1. The van der Waals surface area contributed by atoms with E-state index in [4.69, 9.17) is 21.1 Å². The fourth-order valence-corrected chi connectivity index (χ4v) is 4.76. The number of carbonyl (C=O) groups excluding carboxylic acids is 2. The standard InChI is InChI=1S/C27H32ClN5O4/c1-4-30-26(34)22-24(31-15-20(29-2)13-17-8-6-5-7-9-17)32-25(27(35)36-3)33(22)16-18-12-19-10-11-37-23(19)21(28)14-18/h5-9,12,14,20,29,31H,4,10-11,13,15-16H2,1-3H3,(H,30,34)/t20-/m1/s1. The zero-order valence-corrected chi connectivity index (χ0v) is 22.0. The molecule has 1 aliphatic rings. The second kappa shape index (κ2) is 12.1. The van der Waals surface area contributed by atoms with E-state index in [1.165, 1.54) is 12.7 Å². The van der Waals surface area contributed by atoms with Crippen LogP contribution in [0.15, 0.2) is 42.5 Å². The van der Waals surface area contributed by atoms with Gasteiger partial charge in [0.2, 0.25) is 5.82 Å². The molecule has 2 aromatic carbocycles. The van der Waals surface area contributed by atoms with Crippen LogP contribution in [0.25, 0.3) is 0 Å². The number of carbonyl (C=O) groups is 2. The van der Waals surface area contributed by atoms with E-state index in [2.05, 4.69) is 33.1 Å². The third-order valence-electron chi connectivity index (χ3n) is 6.28. The number of likely N-dealkylation sites (N-methyl/N-ethyl adjacent to an activating group) is 1. The lowest BCUT2D eigenvalue weighted by Crippen LogP contribution is -2.35. The fraction of sp³-hybridized carbons (Fsp3) is 0.370. The summed E-state index contributed by atoms with van der Waals surface area (Å²) in [5.41, 5.74) is 3.26. The molecule has 37 heavy (non-hydrogen) atoms. The maximum absolute atomic E-state index is 13.2. The number of esters is 1. The molecule has 1 atom stereocenters. The molecule has 1 amide bonds. The SMILES string of the molecule is CCNC(=O)c1c(NC[C@@H](Cc2ccccc2)NC)nc(C(=O)OC)n1Cc1cc(Cl)c2c(c1)CCO2. The molecule has 3 aromatic rings. The average Bonchev–Trinajstić information content (AvgIpc) is 3.52. The summed E-state index contributed by atoms with van der Waals surface area (Å²) >= 11 is 6.45. The van der Waals surface area contributed by atoms with Crippen molar-refractivity contribution in [2.45, 2.75) is 32.4 Å². The minimum Gasteiger partial charge on any atom is -0.491 e. The smallest absolute Gasteiger partial charge is 0.374 e. The fourth-order valence-electron chi connectivity index (χ4n) is 4.44. The number of nitrogens with one attached hydrogen (secondary N) is 3. The van der Waals surface area contributed by atoms with Gasteiger partial charge < -0.3 is 30.0 Å². The van der Waals surface area contributed by atoms with Gasteiger partial charge in [0.05, 0.1) is 25.3 Å². The van der Waals surface area contributed by atoms with Crippen LogP contribution >= 0.6 is 11.6 Å². The third kappa shape index (κ3) is 6.06. The molecule has 0 spiro atoms. The summed E-state index contributed by atoms with van der Waals surface area (Å²) in [7, 11) is 3.18. The maximum Gasteiger partial charge on any atom is 0.374 e. The van der Waals surface area contributed by atoms with Crippen molar-refractivity contribution in [3.05, 3.63) is 75.7 Å². The Labute approximate surface area is 221 Å². The van der Waals surface area contributed by atoms with Gasteiger partial charge in [-0.15, -0.1) is 0 Å². The van der Waals surface area contributed by atoms with Gasteiger partial charge in [0.25, 0.3) is 5.91 Å². The van der Waals surface area contributed by atoms with Crippen molar-refractivity contribution in [1.82, 2.24) is 20.2 Å². The summed E-state index contributed by atoms with van der Waals surface area (Å²) in [6.45, 7) is 3.52. The number of nitrogens with zero attached hydrogens (tertiary/aromatic N) is 2. The number of amides is 1. The highest BCUT2D eigenvalue weighted by Crippen LogP contribution is 2.35. The molecule has 0 fully saturated rings. The Kier molecular flexibility index (Phi) is 8.68. The number of benzene rings is 2. The molecule has 2 heterocycles. The van der Waals surface area contributed by atoms with Crippen LogP contribution in [0.3, 0.4) is 0 Å². The highest BCUT2D eigenvalue weighted by molar-refractivity contribution is 6.32. The van der Waals surface area contributed by atoms with E-state index in [0.29, 0.717) is 36.3 Å². The number of hydrogen-bond acceptors (Lipinski definition) is 7. The van der Waals surface area contributed by atoms with Crippen molar-refractivity contribution >= 4 is 29.3 Å². The highest BCUT2D eigenvalue weighted by Gasteiger charge is 2.28. The lowest BCUT2D eigenvalue weighted by atomic mass is 10.1. The number of ether oxygens (including phenoxy) is 2. The largest absolute Gasteiger partial charge is 0.491 e. The van der Waals surface area contributed by atoms with Crippen LogP contribution in [0.5, 0.6) is 5.75 Å². The van der Waals surface area contributed by atoms with Crippen LogP contribution in [0.1, 0.15) is 44.7 Å². The molecule has 3 N–H and O–H groups in total. The molecule has 0 radical (unpaired) electrons. The van der Waals surface area contributed by atoms with Gasteiger partial charge in [-0.25, -0.2) is 9.78 Å². The van der Waals surface area contributed by atoms with Gasteiger partial charge in [-0.1, -0.05) is 48.0 Å². The van der Waals surface area contributed by atoms with Gasteiger partial charge in [0, 0.05) is 25.6 Å². The monoisotopic (exact) mass is 525 g/mol. The first-order chi connectivity index (χ1) is 17.9. The lowest BCUT2D eigenvalue weighted by Gasteiger charge is -2.18. The Balaban J connectivity index is 1.68. The van der Waals surface area contributed by atoms with E-state index < -0.39 is 5.97 Å². The van der Waals surface area contributed by atoms with Gasteiger partial charge in [-0.3, -0.25) is 4.79 Å². The molecule has 1 aromatic heterocycles. The molecule has 0 bridgehead atoms. The molecule has 196 valence electrons. The first-order valence-corrected chi connectivity index (χ1v) is 12.7. The van der Waals surface area contributed by atoms with Crippen molar-refractivity contribution in [3.63, 3.8) is 0 Å². The van der Waals surface area contributed by atoms with E-state index in [1.807, 2.05) is 38.2 Å². The van der Waals surface area contributed by atoms with Crippen LogP contribution < -0.4 is 20.7 Å². The van der Waals surface area contributed by atoms with Gasteiger partial charge in [-0.2, -0.15) is 0 Å². The molecule has 1 aliphatic heterocycles. The number of aromatic nitrogens is 2. The van der Waals surface area contributed by atoms with Crippen LogP contribution in [0.2, 0.25) is 5.02 Å². The van der Waals surface area contributed by atoms with Crippen molar-refractivity contribution in [3.8, 4) is 5.75 Å². The summed E-state index contributed by atoms with van der Waals surface area (Å²) in [4.78, 5) is 30.5. The van der Waals surface area contributed by atoms with E-state index in [9.17, 15) is 9.59 Å². The maximum atomic E-state index is 13.2. The van der Waals surface area contributed by atoms with Crippen LogP contribution in [0.4, 0.5) is 5.82 Å². The highest BCUT2D eigenvalue weighted by atomic mass is 35.5. The summed E-state index contributed by atoms with van der Waals surface area (Å²) in [6, 6.07) is 14.0. The minimum atomic E-state index is -0.636. The Hall–Kier alpha value is -3.56. The number of fused-ring (bicyclic) bond motifs is 1. The van der Waals surface area contributed by atoms with E-state index in [0.717, 1.165) is 24.0 Å². The normalized spacial score (nSPS) is 13.0. The molecule has 4 rings (SSSR count). The lowest BCUT2D eigenvalue weighted by molar-refractivity contribution is 0.0581. The molecular weight excluding hydrogens is 494 g/mol. The van der Waals surface area contributed by atoms with Gasteiger partial charge >= 0.3 is 5.97 Å². The molecule has 0 aliphatic carbocycles. The van der Waals surface area contributed by atoms with Crippen molar-refractivity contribution in [2.24, 2.45) is 0 Å². The molecule has 0 saturated heterocycles. The number of methoxy groups -OCH3 is 1. The van der Waals surface area contributed by atoms with E-state index in [-0.39, 0.29) is 30.0 Å². The summed E-state index contributed by atoms with van der Waals surface area (Å²) in [6.07, 6.45) is 1.53. The van der Waals surface area contributed by atoms with Gasteiger partial charge in [-0.05, 0) is 43.1 Å². The molecule has 9 nitrogen and oxygen atoms in total. The minimum absolute atomic E-state index is 0.0307. The third-order valence-corrected chi connectivity index (χ3v) is 6.56. The van der Waals surface area contributed by atoms with E-state index >= 15 is 0 Å². The number of halogens is 1. The Bertz CT molecular complexity index is 1260. The topological polar surface area (TPSA) is 107 Å². The van der Waals surface area contributed by atoms with Crippen molar-refractivity contribution < 1.29 is 19.1 Å². The number of anilines is 1. The zero-order chi connectivity index (χ0) is 26.4. The summed E-state index contributed by atoms with van der Waals surface area (Å²) < 4.78 is 12.2. The Morgan fingerprint density at radius 3 is 2.70 bits per heavy atom. The van der Waals surface area contributed by atoms with Crippen molar-refractivity contribution in [2.75, 3.05) is 39.2 Å². The second-order valence-electron chi connectivity index (χ2n) is 8.79. The first kappa shape index (κ1) is 26.5.